The number of cyclic esters (lactones) is 1. The van der Waals surface area contributed by atoms with Crippen molar-refractivity contribution in [3.8, 4) is 0 Å². The highest BCUT2D eigenvalue weighted by atomic mass is 16.6. The second-order valence-corrected chi connectivity index (χ2v) is 4.32. The fourth-order valence-electron chi connectivity index (χ4n) is 1.90. The molecule has 1 aliphatic heterocycles. The highest BCUT2D eigenvalue weighted by Crippen LogP contribution is 2.28. The fourth-order valence-corrected chi connectivity index (χ4v) is 1.90. The average Bonchev–Trinajstić information content (AvgIpc) is 2.63. The van der Waals surface area contributed by atoms with E-state index in [4.69, 9.17) is 9.47 Å². The van der Waals surface area contributed by atoms with Gasteiger partial charge in [0.25, 0.3) is 0 Å². The Morgan fingerprint density at radius 3 is 2.83 bits per heavy atom. The molecule has 0 N–H and O–H groups in total. The highest BCUT2D eigenvalue weighted by Gasteiger charge is 2.50. The molecule has 0 bridgehead atoms. The number of carbonyl (C=O) groups excluding carboxylic acids is 2. The number of esters is 1. The second-order valence-electron chi connectivity index (χ2n) is 4.32. The summed E-state index contributed by atoms with van der Waals surface area (Å²) in [5.41, 5.74) is -0.947. The quantitative estimate of drug-likeness (QED) is 0.557. The summed E-state index contributed by atoms with van der Waals surface area (Å²) >= 11 is 0. The molecule has 0 fully saturated rings. The minimum Gasteiger partial charge on any atom is -0.463 e. The van der Waals surface area contributed by atoms with E-state index in [9.17, 15) is 9.59 Å². The van der Waals surface area contributed by atoms with Crippen LogP contribution in [0, 0.1) is 5.92 Å². The number of ether oxygens (including phenoxy) is 2. The predicted molar refractivity (Wildman–Crippen MR) is 67.5 cm³/mol. The molecule has 1 heterocycles. The van der Waals surface area contributed by atoms with Gasteiger partial charge in [-0.25, -0.2) is 9.59 Å². The van der Waals surface area contributed by atoms with Crippen molar-refractivity contribution in [3.05, 3.63) is 12.2 Å². The third kappa shape index (κ3) is 2.78. The minimum atomic E-state index is -1.38. The molecule has 0 aromatic carbocycles. The molecule has 0 aromatic heterocycles. The largest absolute Gasteiger partial charge is 0.463 e. The summed E-state index contributed by atoms with van der Waals surface area (Å²) in [7, 11) is 0. The number of aliphatic imine (C=N–C) groups is 1. The number of rotatable bonds is 5. The van der Waals surface area contributed by atoms with Crippen LogP contribution in [0.4, 0.5) is 4.79 Å². The summed E-state index contributed by atoms with van der Waals surface area (Å²) in [5, 5.41) is 0. The Labute approximate surface area is 107 Å². The number of amides is 1. The monoisotopic (exact) mass is 253 g/mol. The normalized spacial score (nSPS) is 24.9. The molecular formula is C13H19NO4. The molecule has 100 valence electrons. The zero-order chi connectivity index (χ0) is 13.8. The van der Waals surface area contributed by atoms with E-state index in [1.165, 1.54) is 6.92 Å². The van der Waals surface area contributed by atoms with E-state index >= 15 is 0 Å². The lowest BCUT2D eigenvalue weighted by Crippen LogP contribution is -2.47. The van der Waals surface area contributed by atoms with Crippen LogP contribution < -0.4 is 0 Å². The average molecular weight is 253 g/mol. The first kappa shape index (κ1) is 14.4. The zero-order valence-electron chi connectivity index (χ0n) is 11.2. The van der Waals surface area contributed by atoms with Gasteiger partial charge in [-0.05, 0) is 27.2 Å². The van der Waals surface area contributed by atoms with Crippen molar-refractivity contribution in [2.75, 3.05) is 6.61 Å². The Morgan fingerprint density at radius 2 is 2.28 bits per heavy atom. The van der Waals surface area contributed by atoms with Gasteiger partial charge in [0.2, 0.25) is 5.60 Å². The Hall–Kier alpha value is -1.65. The van der Waals surface area contributed by atoms with Crippen molar-refractivity contribution in [3.63, 3.8) is 0 Å². The number of hydrogen-bond acceptors (Lipinski definition) is 4. The maximum Gasteiger partial charge on any atom is 0.435 e. The zero-order valence-corrected chi connectivity index (χ0v) is 11.2. The van der Waals surface area contributed by atoms with Crippen LogP contribution in [0.5, 0.6) is 0 Å². The van der Waals surface area contributed by atoms with E-state index in [0.717, 1.165) is 0 Å². The maximum absolute atomic E-state index is 11.9. The minimum absolute atomic E-state index is 0.0537. The lowest BCUT2D eigenvalue weighted by molar-refractivity contribution is -0.156. The van der Waals surface area contributed by atoms with Crippen LogP contribution >= 0.6 is 0 Å². The highest BCUT2D eigenvalue weighted by molar-refractivity contribution is 6.17. The Bertz CT molecular complexity index is 400. The van der Waals surface area contributed by atoms with Crippen LogP contribution in [0.15, 0.2) is 17.1 Å². The summed E-state index contributed by atoms with van der Waals surface area (Å²) in [5.74, 6) is -0.621. The van der Waals surface area contributed by atoms with E-state index < -0.39 is 17.7 Å². The van der Waals surface area contributed by atoms with Crippen LogP contribution in [0.3, 0.4) is 0 Å². The first-order valence-corrected chi connectivity index (χ1v) is 6.06. The van der Waals surface area contributed by atoms with E-state index in [-0.39, 0.29) is 12.5 Å². The summed E-state index contributed by atoms with van der Waals surface area (Å²) in [6.07, 6.45) is 3.84. The van der Waals surface area contributed by atoms with Crippen LogP contribution in [-0.4, -0.2) is 30.0 Å². The van der Waals surface area contributed by atoms with E-state index in [0.29, 0.717) is 12.1 Å². The van der Waals surface area contributed by atoms with E-state index in [2.05, 4.69) is 4.99 Å². The first-order valence-electron chi connectivity index (χ1n) is 6.06. The molecule has 18 heavy (non-hydrogen) atoms. The molecule has 1 rings (SSSR count). The van der Waals surface area contributed by atoms with Gasteiger partial charge in [-0.2, -0.15) is 4.99 Å². The number of hydrogen-bond donors (Lipinski definition) is 0. The van der Waals surface area contributed by atoms with Gasteiger partial charge in [-0.15, -0.1) is 0 Å². The van der Waals surface area contributed by atoms with E-state index in [1.54, 1.807) is 6.92 Å². The molecule has 0 aliphatic carbocycles. The second kappa shape index (κ2) is 5.80. The summed E-state index contributed by atoms with van der Waals surface area (Å²) in [6.45, 7) is 7.29. The first-order chi connectivity index (χ1) is 8.45. The molecule has 0 saturated carbocycles. The Balaban J connectivity index is 2.95. The van der Waals surface area contributed by atoms with Gasteiger partial charge in [0.1, 0.15) is 0 Å². The van der Waals surface area contributed by atoms with Crippen LogP contribution in [0.25, 0.3) is 0 Å². The van der Waals surface area contributed by atoms with Crippen molar-refractivity contribution < 1.29 is 19.1 Å². The molecule has 2 atom stereocenters. The van der Waals surface area contributed by atoms with Gasteiger partial charge in [-0.1, -0.05) is 19.1 Å². The van der Waals surface area contributed by atoms with Crippen molar-refractivity contribution in [2.45, 2.75) is 39.7 Å². The molecular weight excluding hydrogens is 234 g/mol. The Kier molecular flexibility index (Phi) is 4.64. The predicted octanol–water partition coefficient (Wildman–Crippen LogP) is 2.50. The van der Waals surface area contributed by atoms with Gasteiger partial charge >= 0.3 is 12.1 Å². The maximum atomic E-state index is 11.9. The van der Waals surface area contributed by atoms with Gasteiger partial charge in [-0.3, -0.25) is 0 Å². The van der Waals surface area contributed by atoms with Gasteiger partial charge < -0.3 is 9.47 Å². The van der Waals surface area contributed by atoms with Crippen molar-refractivity contribution in [1.82, 2.24) is 0 Å². The molecule has 1 aliphatic rings. The molecule has 0 aromatic rings. The smallest absolute Gasteiger partial charge is 0.435 e. The molecule has 1 unspecified atom stereocenters. The molecule has 1 amide bonds. The number of allylic oxidation sites excluding steroid dienone is 2. The summed E-state index contributed by atoms with van der Waals surface area (Å²) in [4.78, 5) is 27.0. The Morgan fingerprint density at radius 1 is 1.61 bits per heavy atom. The number of nitrogens with zero attached hydrogens (tertiary/aromatic N) is 1. The van der Waals surface area contributed by atoms with Gasteiger partial charge in [0.15, 0.2) is 0 Å². The molecule has 0 saturated heterocycles. The lowest BCUT2D eigenvalue weighted by atomic mass is 9.88. The molecule has 0 spiro atoms. The van der Waals surface area contributed by atoms with Crippen LogP contribution in [-0.2, 0) is 14.3 Å². The summed E-state index contributed by atoms with van der Waals surface area (Å²) < 4.78 is 9.98. The number of carbonyl (C=O) groups is 2. The molecule has 5 heteroatoms. The standard InChI is InChI=1S/C13H19NO4/c1-5-7-8-9(3)10-13(4,11(15)17-6-2)18-12(16)14-10/h5,7,9H,6,8H2,1-4H3/b7-5-/t9-,13?/m0/s1. The molecule has 5 nitrogen and oxygen atoms in total. The topological polar surface area (TPSA) is 65.0 Å². The third-order valence-corrected chi connectivity index (χ3v) is 2.85. The third-order valence-electron chi connectivity index (χ3n) is 2.85. The van der Waals surface area contributed by atoms with Crippen molar-refractivity contribution in [2.24, 2.45) is 10.9 Å². The fraction of sp³-hybridized carbons (Fsp3) is 0.615. The van der Waals surface area contributed by atoms with Crippen molar-refractivity contribution >= 4 is 17.8 Å². The summed E-state index contributed by atoms with van der Waals surface area (Å²) in [6, 6.07) is 0. The van der Waals surface area contributed by atoms with E-state index in [1.807, 2.05) is 26.0 Å². The SMILES string of the molecule is C/C=C\C[C@H](C)C1=NC(=O)OC1(C)C(=O)OCC. The lowest BCUT2D eigenvalue weighted by Gasteiger charge is -2.25. The van der Waals surface area contributed by atoms with Gasteiger partial charge in [0, 0.05) is 5.92 Å². The molecule has 0 radical (unpaired) electrons. The van der Waals surface area contributed by atoms with Crippen LogP contribution in [0.2, 0.25) is 0 Å². The van der Waals surface area contributed by atoms with Crippen molar-refractivity contribution in [1.29, 1.82) is 0 Å². The van der Waals surface area contributed by atoms with Crippen LogP contribution in [0.1, 0.15) is 34.1 Å². The van der Waals surface area contributed by atoms with Gasteiger partial charge in [0.05, 0.1) is 12.3 Å².